The van der Waals surface area contributed by atoms with Crippen LogP contribution in [0.3, 0.4) is 0 Å². The van der Waals surface area contributed by atoms with E-state index in [1.165, 1.54) is 9.91 Å². The molecule has 35 heavy (non-hydrogen) atoms. The van der Waals surface area contributed by atoms with Crippen molar-refractivity contribution in [3.05, 3.63) is 0 Å². The van der Waals surface area contributed by atoms with E-state index in [0.29, 0.717) is 0 Å². The fourth-order valence-corrected chi connectivity index (χ4v) is 13.8. The standard InChI is InChI=1S/C8H24O2Si3.2C2H4O2.CH7OPSi.CH4O.3CH4.B.Na.HPS.Pd/c1-11(2,3)9-13(7,8)10-12(4,5)6;2*1-2(3)4;1-2-3-4;1-2;;;;;;1-2;/h1-8H3;2*1H3,(H,3,4);3H,1,4H3;2H,1H3;3*1H4;;;1H;/p+1. The Morgan fingerprint density at radius 2 is 0.914 bits per heavy atom. The van der Waals surface area contributed by atoms with Crippen molar-refractivity contribution in [1.82, 2.24) is 0 Å². The molecule has 2 atom stereocenters. The molecule has 0 aromatic carbocycles. The topological polar surface area (TPSA) is 123 Å². The van der Waals surface area contributed by atoms with Gasteiger partial charge >= 0.3 is 8.56 Å². The first kappa shape index (κ1) is 76.8. The summed E-state index contributed by atoms with van der Waals surface area (Å²) in [6.07, 6.45) is 0. The summed E-state index contributed by atoms with van der Waals surface area (Å²) < 4.78 is 16.8. The maximum atomic E-state index is 9.00. The molecule has 18 heteroatoms. The van der Waals surface area contributed by atoms with Gasteiger partial charge in [0.1, 0.15) is 8.02 Å². The van der Waals surface area contributed by atoms with E-state index in [4.69, 9.17) is 33.1 Å². The number of carboxylic acid groups (broad SMARTS) is 2. The molecule has 0 aromatic rings. The van der Waals surface area contributed by atoms with Crippen LogP contribution in [0, 0.1) is 0 Å². The quantitative estimate of drug-likeness (QED) is 0.283. The summed E-state index contributed by atoms with van der Waals surface area (Å²) in [6, 6.07) is 0. The summed E-state index contributed by atoms with van der Waals surface area (Å²) in [7, 11) is 1.98. The monoisotopic (exact) mass is 735 g/mol. The van der Waals surface area contributed by atoms with Crippen LogP contribution in [-0.4, -0.2) is 115 Å². The van der Waals surface area contributed by atoms with Crippen LogP contribution in [0.2, 0.25) is 52.4 Å². The molecule has 4 radical (unpaired) electrons. The maximum Gasteiger partial charge on any atom is 0.311 e. The second kappa shape index (κ2) is 49.3. The summed E-state index contributed by atoms with van der Waals surface area (Å²) in [5.41, 5.74) is 0. The third kappa shape index (κ3) is 182. The molecule has 218 valence electrons. The number of hydrogen-bond acceptors (Lipinski definition) is 7. The van der Waals surface area contributed by atoms with Crippen LogP contribution >= 0.6 is 16.4 Å². The summed E-state index contributed by atoms with van der Waals surface area (Å²) >= 11 is 4.00. The Hall–Kier alpha value is 2.32. The van der Waals surface area contributed by atoms with Crippen molar-refractivity contribution in [2.45, 2.75) is 88.5 Å². The predicted octanol–water partition coefficient (Wildman–Crippen LogP) is 4.16. The van der Waals surface area contributed by atoms with Crippen molar-refractivity contribution < 1.29 is 58.1 Å². The van der Waals surface area contributed by atoms with Crippen molar-refractivity contribution >= 4 is 113 Å². The number of carbonyl (C=O) groups is 2. The Labute approximate surface area is 271 Å². The van der Waals surface area contributed by atoms with Crippen LogP contribution in [0.4, 0.5) is 0 Å². The fourth-order valence-electron chi connectivity index (χ4n) is 1.50. The Balaban J connectivity index is -0.0000000206. The number of aliphatic carboxylic acids is 2. The molecule has 0 saturated heterocycles. The van der Waals surface area contributed by atoms with Crippen molar-refractivity contribution in [1.29, 1.82) is 0 Å². The molecule has 0 rings (SSSR count). The number of carboxylic acids is 2. The summed E-state index contributed by atoms with van der Waals surface area (Å²) in [4.78, 5) is 18.0. The zero-order chi connectivity index (χ0) is 25.5. The van der Waals surface area contributed by atoms with E-state index in [1.54, 1.807) is 7.11 Å². The molecule has 0 aliphatic rings. The number of hydrogen-bond donors (Lipinski definition) is 3. The normalized spacial score (nSPS) is 8.49. The molecule has 0 heterocycles. The Kier molecular flexibility index (Phi) is 108. The van der Waals surface area contributed by atoms with Gasteiger partial charge in [-0.15, -0.1) is 0 Å². The van der Waals surface area contributed by atoms with E-state index in [-0.39, 0.29) is 80.7 Å². The zero-order valence-electron chi connectivity index (χ0n) is 22.3. The van der Waals surface area contributed by atoms with Crippen molar-refractivity contribution in [3.8, 4) is 0 Å². The molecule has 0 aliphatic carbocycles. The third-order valence-corrected chi connectivity index (χ3v) is 11.8. The smallest absolute Gasteiger partial charge is 0.311 e. The molecule has 0 aromatic heterocycles. The van der Waals surface area contributed by atoms with Crippen molar-refractivity contribution in [2.24, 2.45) is 0 Å². The van der Waals surface area contributed by atoms with Gasteiger partial charge in [0.2, 0.25) is 0 Å². The predicted molar refractivity (Wildman–Crippen MR) is 175 cm³/mol. The van der Waals surface area contributed by atoms with Gasteiger partial charge in [-0.05, 0) is 60.7 Å². The second-order valence-electron chi connectivity index (χ2n) is 7.27. The van der Waals surface area contributed by atoms with E-state index in [2.05, 4.69) is 68.7 Å². The van der Waals surface area contributed by atoms with Gasteiger partial charge in [0.05, 0.1) is 9.91 Å². The Morgan fingerprint density at radius 1 is 0.800 bits per heavy atom. The van der Waals surface area contributed by atoms with Gasteiger partial charge in [0.15, 0.2) is 28.4 Å². The Morgan fingerprint density at radius 3 is 0.971 bits per heavy atom. The number of aliphatic hydroxyl groups is 1. The number of rotatable bonds is 5. The molecule has 0 amide bonds. The van der Waals surface area contributed by atoms with Gasteiger partial charge in [-0.1, -0.05) is 22.3 Å². The van der Waals surface area contributed by atoms with Crippen LogP contribution in [-0.2, 0) is 54.6 Å². The van der Waals surface area contributed by atoms with Crippen molar-refractivity contribution in [3.63, 3.8) is 0 Å². The summed E-state index contributed by atoms with van der Waals surface area (Å²) in [5, 5.41) is 21.8. The molecular weight excluding hydrogens is 679 g/mol. The first-order valence-corrected chi connectivity index (χ1v) is 24.4. The molecule has 0 fully saturated rings. The largest absolute Gasteiger partial charge is 0.481 e. The van der Waals surface area contributed by atoms with Gasteiger partial charge < -0.3 is 28.1 Å². The van der Waals surface area contributed by atoms with Gasteiger partial charge in [-0.2, -0.15) is 0 Å². The average Bonchev–Trinajstić information content (AvgIpc) is 2.45. The molecular formula is C17H57BNaO8P2PdSSi4+. The van der Waals surface area contributed by atoms with Crippen LogP contribution in [0.25, 0.3) is 0 Å². The van der Waals surface area contributed by atoms with Crippen LogP contribution in [0.5, 0.6) is 0 Å². The molecule has 0 saturated carbocycles. The SMILES string of the molecule is C.C.C.CC(=O)O.CC(=O)O.CO.COP[SiH3].C[Si](C)(C)O[Si](C)(C)O[Si](C)(C)C.[B].[Na].[PH2+]=S.[Pd]. The van der Waals surface area contributed by atoms with E-state index in [0.717, 1.165) is 29.3 Å². The molecule has 0 bridgehead atoms. The van der Waals surface area contributed by atoms with E-state index < -0.39 is 37.1 Å². The van der Waals surface area contributed by atoms with E-state index in [1.807, 2.05) is 8.02 Å². The molecule has 0 aliphatic heterocycles. The zero-order valence-corrected chi connectivity index (χ0v) is 33.8. The average molecular weight is 736 g/mol. The minimum absolute atomic E-state index is 0. The maximum absolute atomic E-state index is 9.00. The molecule has 0 spiro atoms. The van der Waals surface area contributed by atoms with Crippen molar-refractivity contribution in [2.75, 3.05) is 14.2 Å². The van der Waals surface area contributed by atoms with E-state index >= 15 is 0 Å². The fraction of sp³-hybridized carbons (Fsp3) is 0.882. The Bertz CT molecular complexity index is 364. The second-order valence-corrected chi connectivity index (χ2v) is 22.2. The van der Waals surface area contributed by atoms with Crippen LogP contribution in [0.15, 0.2) is 0 Å². The summed E-state index contributed by atoms with van der Waals surface area (Å²) in [6.45, 7) is 19.8. The minimum atomic E-state index is -1.85. The van der Waals surface area contributed by atoms with Gasteiger partial charge in [-0.3, -0.25) is 9.59 Å². The van der Waals surface area contributed by atoms with Crippen LogP contribution in [0.1, 0.15) is 36.1 Å². The van der Waals surface area contributed by atoms with Gasteiger partial charge in [0.25, 0.3) is 11.9 Å². The summed E-state index contributed by atoms with van der Waals surface area (Å²) in [5.74, 6) is -1.67. The van der Waals surface area contributed by atoms with E-state index in [9.17, 15) is 0 Å². The minimum Gasteiger partial charge on any atom is -0.481 e. The first-order chi connectivity index (χ1) is 12.8. The van der Waals surface area contributed by atoms with Gasteiger partial charge in [-0.25, -0.2) is 0 Å². The first-order valence-electron chi connectivity index (χ1n) is 8.47. The molecule has 2 unspecified atom stereocenters. The van der Waals surface area contributed by atoms with Gasteiger partial charge in [0, 0.05) is 86.5 Å². The molecule has 3 N–H and O–H groups in total. The molecule has 8 nitrogen and oxygen atoms in total. The van der Waals surface area contributed by atoms with Crippen LogP contribution < -0.4 is 0 Å². The third-order valence-electron chi connectivity index (χ3n) is 1.31. The number of aliphatic hydroxyl groups excluding tert-OH is 1.